The average molecular weight is 272 g/mol. The monoisotopic (exact) mass is 272 g/mol. The van der Waals surface area contributed by atoms with E-state index in [2.05, 4.69) is 0 Å². The maximum absolute atomic E-state index is 14.0. The second-order valence-corrected chi connectivity index (χ2v) is 4.62. The van der Waals surface area contributed by atoms with Gasteiger partial charge in [0.25, 0.3) is 0 Å². The molecule has 0 aliphatic rings. The number of carbonyl (C=O) groups is 1. The van der Waals surface area contributed by atoms with E-state index in [4.69, 9.17) is 4.74 Å². The number of ether oxygens (including phenoxy) is 1. The Hall–Kier alpha value is -2.16. The Morgan fingerprint density at radius 1 is 1.20 bits per heavy atom. The lowest BCUT2D eigenvalue weighted by atomic mass is 10.0. The van der Waals surface area contributed by atoms with Gasteiger partial charge < -0.3 is 4.74 Å². The van der Waals surface area contributed by atoms with Crippen LogP contribution in [0, 0.1) is 5.82 Å². The molecule has 20 heavy (non-hydrogen) atoms. The number of hydrogen-bond donors (Lipinski definition) is 0. The van der Waals surface area contributed by atoms with Crippen LogP contribution in [0.3, 0.4) is 0 Å². The molecule has 3 heteroatoms. The van der Waals surface area contributed by atoms with E-state index in [9.17, 15) is 9.18 Å². The number of halogens is 1. The molecule has 2 rings (SSSR count). The van der Waals surface area contributed by atoms with Crippen LogP contribution in [0.2, 0.25) is 0 Å². The molecule has 0 aliphatic carbocycles. The lowest BCUT2D eigenvalue weighted by molar-refractivity contribution is 0.101. The van der Waals surface area contributed by atoms with E-state index in [-0.39, 0.29) is 11.5 Å². The molecule has 0 aliphatic heterocycles. The van der Waals surface area contributed by atoms with Gasteiger partial charge >= 0.3 is 0 Å². The van der Waals surface area contributed by atoms with Gasteiger partial charge in [0.1, 0.15) is 6.61 Å². The lowest BCUT2D eigenvalue weighted by Crippen LogP contribution is -2.03. The van der Waals surface area contributed by atoms with Crippen LogP contribution in [0.25, 0.3) is 0 Å². The van der Waals surface area contributed by atoms with Gasteiger partial charge in [-0.25, -0.2) is 4.39 Å². The van der Waals surface area contributed by atoms with E-state index in [1.807, 2.05) is 37.3 Å². The van der Waals surface area contributed by atoms with E-state index in [1.165, 1.54) is 13.0 Å². The molecular formula is C17H17FO2. The van der Waals surface area contributed by atoms with Gasteiger partial charge in [-0.1, -0.05) is 37.3 Å². The first kappa shape index (κ1) is 14.3. The second-order valence-electron chi connectivity index (χ2n) is 4.62. The summed E-state index contributed by atoms with van der Waals surface area (Å²) in [6, 6.07) is 12.5. The molecule has 0 atom stereocenters. The van der Waals surface area contributed by atoms with Crippen LogP contribution in [0.15, 0.2) is 42.5 Å². The van der Waals surface area contributed by atoms with Crippen LogP contribution in [0.5, 0.6) is 5.75 Å². The van der Waals surface area contributed by atoms with Crippen molar-refractivity contribution in [3.8, 4) is 5.75 Å². The Labute approximate surface area is 118 Å². The molecule has 0 fully saturated rings. The minimum absolute atomic E-state index is 0.129. The molecule has 0 amide bonds. The Kier molecular flexibility index (Phi) is 4.51. The normalized spacial score (nSPS) is 10.3. The van der Waals surface area contributed by atoms with Crippen molar-refractivity contribution in [3.63, 3.8) is 0 Å². The quantitative estimate of drug-likeness (QED) is 0.764. The average Bonchev–Trinajstić information content (AvgIpc) is 2.46. The van der Waals surface area contributed by atoms with Gasteiger partial charge in [0.05, 0.1) is 0 Å². The van der Waals surface area contributed by atoms with Crippen molar-refractivity contribution in [1.82, 2.24) is 0 Å². The fourth-order valence-electron chi connectivity index (χ4n) is 2.06. The Balaban J connectivity index is 2.22. The molecule has 2 aromatic carbocycles. The molecule has 104 valence electrons. The standard InChI is InChI=1S/C17H17FO2/c1-3-14-9-17(16(18)10-15(14)12(2)19)20-11-13-7-5-4-6-8-13/h4-10H,3,11H2,1-2H3. The topological polar surface area (TPSA) is 26.3 Å². The first-order valence-electron chi connectivity index (χ1n) is 6.62. The Bertz CT molecular complexity index is 606. The van der Waals surface area contributed by atoms with Crippen LogP contribution < -0.4 is 4.74 Å². The van der Waals surface area contributed by atoms with Gasteiger partial charge in [-0.15, -0.1) is 0 Å². The highest BCUT2D eigenvalue weighted by atomic mass is 19.1. The largest absolute Gasteiger partial charge is 0.486 e. The Morgan fingerprint density at radius 2 is 1.90 bits per heavy atom. The van der Waals surface area contributed by atoms with E-state index < -0.39 is 5.82 Å². The van der Waals surface area contributed by atoms with Crippen molar-refractivity contribution in [2.45, 2.75) is 26.9 Å². The zero-order valence-electron chi connectivity index (χ0n) is 11.7. The summed E-state index contributed by atoms with van der Waals surface area (Å²) in [5.41, 5.74) is 2.21. The van der Waals surface area contributed by atoms with Gasteiger partial charge in [-0.05, 0) is 36.6 Å². The minimum atomic E-state index is -0.497. The molecule has 0 heterocycles. The number of aryl methyl sites for hydroxylation is 1. The van der Waals surface area contributed by atoms with Crippen LogP contribution in [0.1, 0.15) is 35.3 Å². The van der Waals surface area contributed by atoms with Crippen molar-refractivity contribution in [1.29, 1.82) is 0 Å². The van der Waals surface area contributed by atoms with Crippen molar-refractivity contribution in [2.24, 2.45) is 0 Å². The first-order valence-corrected chi connectivity index (χ1v) is 6.62. The van der Waals surface area contributed by atoms with Crippen molar-refractivity contribution >= 4 is 5.78 Å². The Morgan fingerprint density at radius 3 is 2.50 bits per heavy atom. The van der Waals surface area contributed by atoms with Gasteiger partial charge in [-0.2, -0.15) is 0 Å². The summed E-state index contributed by atoms with van der Waals surface area (Å²) in [6.07, 6.45) is 0.664. The van der Waals surface area contributed by atoms with Crippen LogP contribution in [0.4, 0.5) is 4.39 Å². The summed E-state index contributed by atoms with van der Waals surface area (Å²) >= 11 is 0. The number of benzene rings is 2. The molecule has 0 spiro atoms. The highest BCUT2D eigenvalue weighted by molar-refractivity contribution is 5.95. The number of Topliss-reactive ketones (excluding diaryl/α,β-unsaturated/α-hetero) is 1. The third kappa shape index (κ3) is 3.23. The van der Waals surface area contributed by atoms with Gasteiger partial charge in [0.2, 0.25) is 0 Å². The van der Waals surface area contributed by atoms with Gasteiger partial charge in [-0.3, -0.25) is 4.79 Å². The molecule has 2 aromatic rings. The fourth-order valence-corrected chi connectivity index (χ4v) is 2.06. The predicted molar refractivity (Wildman–Crippen MR) is 76.6 cm³/mol. The van der Waals surface area contributed by atoms with Gasteiger partial charge in [0, 0.05) is 5.56 Å². The highest BCUT2D eigenvalue weighted by Crippen LogP contribution is 2.24. The molecule has 0 bridgehead atoms. The maximum atomic E-state index is 14.0. The first-order chi connectivity index (χ1) is 9.61. The molecule has 0 saturated carbocycles. The van der Waals surface area contributed by atoms with E-state index >= 15 is 0 Å². The van der Waals surface area contributed by atoms with E-state index in [1.54, 1.807) is 6.07 Å². The molecule has 0 unspecified atom stereocenters. The third-order valence-corrected chi connectivity index (χ3v) is 3.16. The summed E-state index contributed by atoms with van der Waals surface area (Å²) in [7, 11) is 0. The lowest BCUT2D eigenvalue weighted by Gasteiger charge is -2.11. The van der Waals surface area contributed by atoms with Crippen LogP contribution in [-0.2, 0) is 13.0 Å². The second kappa shape index (κ2) is 6.33. The predicted octanol–water partition coefficient (Wildman–Crippen LogP) is 4.17. The number of hydrogen-bond acceptors (Lipinski definition) is 2. The van der Waals surface area contributed by atoms with Crippen LogP contribution in [-0.4, -0.2) is 5.78 Å². The minimum Gasteiger partial charge on any atom is -0.486 e. The van der Waals surface area contributed by atoms with Crippen molar-refractivity contribution in [2.75, 3.05) is 0 Å². The third-order valence-electron chi connectivity index (χ3n) is 3.16. The number of carbonyl (C=O) groups excluding carboxylic acids is 1. The molecule has 0 saturated heterocycles. The SMILES string of the molecule is CCc1cc(OCc2ccccc2)c(F)cc1C(C)=O. The molecular weight excluding hydrogens is 255 g/mol. The zero-order valence-corrected chi connectivity index (χ0v) is 11.7. The summed E-state index contributed by atoms with van der Waals surface area (Å²) in [6.45, 7) is 3.68. The van der Waals surface area contributed by atoms with E-state index in [0.29, 0.717) is 18.6 Å². The zero-order chi connectivity index (χ0) is 14.5. The van der Waals surface area contributed by atoms with Crippen LogP contribution >= 0.6 is 0 Å². The smallest absolute Gasteiger partial charge is 0.165 e. The van der Waals surface area contributed by atoms with Crippen molar-refractivity contribution in [3.05, 3.63) is 65.0 Å². The molecule has 0 N–H and O–H groups in total. The molecule has 0 radical (unpaired) electrons. The summed E-state index contributed by atoms with van der Waals surface area (Å²) in [5.74, 6) is -0.436. The highest BCUT2D eigenvalue weighted by Gasteiger charge is 2.13. The summed E-state index contributed by atoms with van der Waals surface area (Å²) < 4.78 is 19.5. The maximum Gasteiger partial charge on any atom is 0.165 e. The summed E-state index contributed by atoms with van der Waals surface area (Å²) in [5, 5.41) is 0. The van der Waals surface area contributed by atoms with Crippen molar-refractivity contribution < 1.29 is 13.9 Å². The fraction of sp³-hybridized carbons (Fsp3) is 0.235. The molecule has 2 nitrogen and oxygen atoms in total. The van der Waals surface area contributed by atoms with E-state index in [0.717, 1.165) is 11.1 Å². The summed E-state index contributed by atoms with van der Waals surface area (Å²) in [4.78, 5) is 11.5. The molecule has 0 aromatic heterocycles. The van der Waals surface area contributed by atoms with Gasteiger partial charge in [0.15, 0.2) is 17.3 Å². The number of ketones is 1. The number of rotatable bonds is 5.